The van der Waals surface area contributed by atoms with Crippen LogP contribution in [0.15, 0.2) is 18.2 Å². The molecule has 1 heterocycles. The molecule has 0 saturated carbocycles. The van der Waals surface area contributed by atoms with E-state index in [4.69, 9.17) is 5.73 Å². The molecule has 0 spiro atoms. The van der Waals surface area contributed by atoms with Crippen LogP contribution in [-0.4, -0.2) is 16.5 Å². The number of nitrogens with two attached hydrogens (primary N) is 1. The maximum atomic E-state index is 13.6. The Kier molecular flexibility index (Phi) is 3.19. The number of nitrogens with one attached hydrogen (secondary N) is 1. The third-order valence-electron chi connectivity index (χ3n) is 2.48. The zero-order chi connectivity index (χ0) is 12.4. The van der Waals surface area contributed by atoms with Crippen molar-refractivity contribution < 1.29 is 8.78 Å². The Hall–Kier alpha value is -1.75. The standard InChI is InChI=1S/C12H13F2N3/c1-7-16-11(4-5-15)12(17-7)9-3-2-8(13)6-10(9)14/h2-3,6H,4-5,15H2,1H3,(H,16,17). The molecule has 0 aliphatic heterocycles. The first-order chi connectivity index (χ1) is 8.11. The highest BCUT2D eigenvalue weighted by Crippen LogP contribution is 2.25. The lowest BCUT2D eigenvalue weighted by Gasteiger charge is -2.03. The minimum Gasteiger partial charge on any atom is -0.346 e. The highest BCUT2D eigenvalue weighted by molar-refractivity contribution is 5.63. The summed E-state index contributed by atoms with van der Waals surface area (Å²) in [6.45, 7) is 2.22. The van der Waals surface area contributed by atoms with Gasteiger partial charge in [-0.3, -0.25) is 0 Å². The molecular formula is C12H13F2N3. The smallest absolute Gasteiger partial charge is 0.135 e. The molecule has 2 aromatic rings. The summed E-state index contributed by atoms with van der Waals surface area (Å²) in [5.41, 5.74) is 7.05. The minimum atomic E-state index is -0.616. The van der Waals surface area contributed by atoms with Crippen LogP contribution in [0.3, 0.4) is 0 Å². The summed E-state index contributed by atoms with van der Waals surface area (Å²) in [6, 6.07) is 3.46. The first-order valence-electron chi connectivity index (χ1n) is 5.33. The summed E-state index contributed by atoms with van der Waals surface area (Å²) in [7, 11) is 0. The molecule has 90 valence electrons. The van der Waals surface area contributed by atoms with Crippen molar-refractivity contribution in [3.05, 3.63) is 41.4 Å². The molecule has 1 aromatic carbocycles. The largest absolute Gasteiger partial charge is 0.346 e. The number of aromatic nitrogens is 2. The van der Waals surface area contributed by atoms with Gasteiger partial charge in [0.15, 0.2) is 0 Å². The van der Waals surface area contributed by atoms with Crippen LogP contribution in [0, 0.1) is 18.6 Å². The van der Waals surface area contributed by atoms with Crippen molar-refractivity contribution in [2.45, 2.75) is 13.3 Å². The first-order valence-corrected chi connectivity index (χ1v) is 5.33. The normalized spacial score (nSPS) is 10.8. The fraction of sp³-hybridized carbons (Fsp3) is 0.250. The van der Waals surface area contributed by atoms with Crippen LogP contribution >= 0.6 is 0 Å². The Morgan fingerprint density at radius 2 is 2.12 bits per heavy atom. The second kappa shape index (κ2) is 4.63. The molecule has 0 aliphatic rings. The predicted octanol–water partition coefficient (Wildman–Crippen LogP) is 2.16. The Morgan fingerprint density at radius 3 is 2.76 bits per heavy atom. The van der Waals surface area contributed by atoms with Crippen LogP contribution in [0.1, 0.15) is 11.5 Å². The Balaban J connectivity index is 2.51. The van der Waals surface area contributed by atoms with E-state index in [9.17, 15) is 8.78 Å². The van der Waals surface area contributed by atoms with Gasteiger partial charge in [0.2, 0.25) is 0 Å². The molecule has 2 rings (SSSR count). The van der Waals surface area contributed by atoms with E-state index in [1.807, 2.05) is 0 Å². The van der Waals surface area contributed by atoms with Gasteiger partial charge < -0.3 is 10.7 Å². The molecule has 0 saturated heterocycles. The molecule has 0 fully saturated rings. The number of hydrogen-bond acceptors (Lipinski definition) is 2. The Bertz CT molecular complexity index is 535. The zero-order valence-electron chi connectivity index (χ0n) is 9.43. The van der Waals surface area contributed by atoms with Crippen LogP contribution in [-0.2, 0) is 6.42 Å². The molecule has 5 heteroatoms. The van der Waals surface area contributed by atoms with Crippen molar-refractivity contribution in [3.63, 3.8) is 0 Å². The molecule has 0 unspecified atom stereocenters. The van der Waals surface area contributed by atoms with Gasteiger partial charge in [-0.25, -0.2) is 13.8 Å². The third-order valence-corrected chi connectivity index (χ3v) is 2.48. The van der Waals surface area contributed by atoms with E-state index in [0.29, 0.717) is 30.0 Å². The highest BCUT2D eigenvalue weighted by Gasteiger charge is 2.14. The van der Waals surface area contributed by atoms with Gasteiger partial charge in [-0.1, -0.05) is 0 Å². The topological polar surface area (TPSA) is 54.7 Å². The summed E-state index contributed by atoms with van der Waals surface area (Å²) < 4.78 is 26.5. The van der Waals surface area contributed by atoms with Crippen LogP contribution < -0.4 is 5.73 Å². The summed E-state index contributed by atoms with van der Waals surface area (Å²) in [6.07, 6.45) is 0.576. The van der Waals surface area contributed by atoms with Crippen molar-refractivity contribution in [2.75, 3.05) is 6.54 Å². The van der Waals surface area contributed by atoms with Crippen molar-refractivity contribution in [3.8, 4) is 11.3 Å². The number of rotatable bonds is 3. The Labute approximate surface area is 97.7 Å². The lowest BCUT2D eigenvalue weighted by Crippen LogP contribution is -2.04. The van der Waals surface area contributed by atoms with Gasteiger partial charge in [0.1, 0.15) is 17.5 Å². The van der Waals surface area contributed by atoms with Gasteiger partial charge in [0.05, 0.1) is 5.69 Å². The quantitative estimate of drug-likeness (QED) is 0.859. The number of nitrogens with zero attached hydrogens (tertiary/aromatic N) is 1. The lowest BCUT2D eigenvalue weighted by molar-refractivity contribution is 0.585. The van der Waals surface area contributed by atoms with Crippen molar-refractivity contribution in [2.24, 2.45) is 5.73 Å². The van der Waals surface area contributed by atoms with Gasteiger partial charge >= 0.3 is 0 Å². The van der Waals surface area contributed by atoms with E-state index in [-0.39, 0.29) is 0 Å². The molecule has 0 radical (unpaired) electrons. The molecule has 0 amide bonds. The number of aromatic amines is 1. The maximum Gasteiger partial charge on any atom is 0.135 e. The van der Waals surface area contributed by atoms with Crippen LogP contribution in [0.4, 0.5) is 8.78 Å². The van der Waals surface area contributed by atoms with Gasteiger partial charge in [0, 0.05) is 23.7 Å². The van der Waals surface area contributed by atoms with E-state index in [0.717, 1.165) is 11.8 Å². The van der Waals surface area contributed by atoms with E-state index in [1.54, 1.807) is 6.92 Å². The summed E-state index contributed by atoms with van der Waals surface area (Å²) in [5, 5.41) is 0. The van der Waals surface area contributed by atoms with E-state index >= 15 is 0 Å². The molecule has 0 bridgehead atoms. The summed E-state index contributed by atoms with van der Waals surface area (Å²) >= 11 is 0. The van der Waals surface area contributed by atoms with Gasteiger partial charge in [-0.15, -0.1) is 0 Å². The SMILES string of the molecule is Cc1nc(-c2ccc(F)cc2F)c(CCN)[nH]1. The minimum absolute atomic E-state index is 0.291. The van der Waals surface area contributed by atoms with Crippen LogP contribution in [0.2, 0.25) is 0 Å². The predicted molar refractivity (Wildman–Crippen MR) is 61.4 cm³/mol. The number of H-pyrrole nitrogens is 1. The number of aryl methyl sites for hydroxylation is 1. The molecule has 3 nitrogen and oxygen atoms in total. The van der Waals surface area contributed by atoms with Crippen LogP contribution in [0.25, 0.3) is 11.3 Å². The molecule has 0 atom stereocenters. The van der Waals surface area contributed by atoms with Gasteiger partial charge in [-0.2, -0.15) is 0 Å². The first kappa shape index (κ1) is 11.7. The summed E-state index contributed by atoms with van der Waals surface area (Å²) in [5.74, 6) is -0.527. The highest BCUT2D eigenvalue weighted by atomic mass is 19.1. The molecular weight excluding hydrogens is 224 g/mol. The Morgan fingerprint density at radius 1 is 1.35 bits per heavy atom. The number of benzene rings is 1. The number of hydrogen-bond donors (Lipinski definition) is 2. The van der Waals surface area contributed by atoms with Gasteiger partial charge in [-0.05, 0) is 25.6 Å². The lowest BCUT2D eigenvalue weighted by atomic mass is 10.1. The molecule has 1 aromatic heterocycles. The monoisotopic (exact) mass is 237 g/mol. The van der Waals surface area contributed by atoms with Gasteiger partial charge in [0.25, 0.3) is 0 Å². The van der Waals surface area contributed by atoms with Crippen molar-refractivity contribution in [1.82, 2.24) is 9.97 Å². The third kappa shape index (κ3) is 2.34. The zero-order valence-corrected chi connectivity index (χ0v) is 9.43. The average Bonchev–Trinajstić information content (AvgIpc) is 2.60. The molecule has 17 heavy (non-hydrogen) atoms. The fourth-order valence-corrected chi connectivity index (χ4v) is 1.77. The second-order valence-electron chi connectivity index (χ2n) is 3.81. The van der Waals surface area contributed by atoms with Crippen LogP contribution in [0.5, 0.6) is 0 Å². The van der Waals surface area contributed by atoms with Crippen molar-refractivity contribution >= 4 is 0 Å². The second-order valence-corrected chi connectivity index (χ2v) is 3.81. The number of halogens is 2. The summed E-state index contributed by atoms with van der Waals surface area (Å²) in [4.78, 5) is 7.25. The molecule has 3 N–H and O–H groups in total. The van der Waals surface area contributed by atoms with E-state index < -0.39 is 11.6 Å². The van der Waals surface area contributed by atoms with E-state index in [1.165, 1.54) is 12.1 Å². The van der Waals surface area contributed by atoms with Crippen molar-refractivity contribution in [1.29, 1.82) is 0 Å². The van der Waals surface area contributed by atoms with E-state index in [2.05, 4.69) is 9.97 Å². The number of imidazole rings is 1. The molecule has 0 aliphatic carbocycles. The maximum absolute atomic E-state index is 13.6. The average molecular weight is 237 g/mol. The fourth-order valence-electron chi connectivity index (χ4n) is 1.77.